The molecule has 1 aromatic rings. The first-order valence-corrected chi connectivity index (χ1v) is 6.45. The maximum absolute atomic E-state index is 12.6. The zero-order valence-corrected chi connectivity index (χ0v) is 8.94. The van der Waals surface area contributed by atoms with Crippen molar-refractivity contribution >= 4 is 15.2 Å². The summed E-state index contributed by atoms with van der Waals surface area (Å²) in [6.45, 7) is -3.93. The van der Waals surface area contributed by atoms with E-state index in [9.17, 15) is 9.13 Å². The Morgan fingerprint density at radius 1 is 1.44 bits per heavy atom. The summed E-state index contributed by atoms with van der Waals surface area (Å²) in [6.07, 6.45) is -3.39. The highest BCUT2D eigenvalue weighted by molar-refractivity contribution is 7.72. The van der Waals surface area contributed by atoms with Gasteiger partial charge >= 0.3 is 15.2 Å². The Hall–Kier alpha value is -0.530. The van der Waals surface area contributed by atoms with E-state index in [0.717, 1.165) is 0 Å². The highest BCUT2D eigenvalue weighted by Gasteiger charge is 2.59. The molecule has 16 heavy (non-hydrogen) atoms. The van der Waals surface area contributed by atoms with E-state index in [4.69, 9.17) is 14.0 Å². The standard InChI is InChI=1S/C5H10N2O7P2/c8-5(15(9,10)11,16(12,13)14)3-7-2-1-6-4-7/h1-2,4,8H,3H2,(H2,9,10,11)(H2,12,13,14)/i1D,2D,3D2,4D,8D/hD4. The number of aliphatic hydroxyl groups is 1. The molecule has 0 unspecified atom stereocenters. The van der Waals surface area contributed by atoms with Gasteiger partial charge < -0.3 is 29.3 Å². The van der Waals surface area contributed by atoms with Crippen molar-refractivity contribution in [2.45, 2.75) is 11.6 Å². The molecule has 1 rings (SSSR count). The highest BCUT2D eigenvalue weighted by Crippen LogP contribution is 2.67. The van der Waals surface area contributed by atoms with Crippen molar-refractivity contribution < 1.29 is 40.7 Å². The Labute approximate surface area is 104 Å². The molecule has 5 N–H and O–H groups in total. The second-order valence-corrected chi connectivity index (χ2v) is 6.09. The van der Waals surface area contributed by atoms with Crippen molar-refractivity contribution in [3.05, 3.63) is 18.6 Å². The molecule has 0 aliphatic carbocycles. The Morgan fingerprint density at radius 2 is 2.06 bits per heavy atom. The van der Waals surface area contributed by atoms with Crippen LogP contribution in [0.1, 0.15) is 6.85 Å². The van der Waals surface area contributed by atoms with E-state index in [1.54, 1.807) is 0 Å². The van der Waals surface area contributed by atoms with Gasteiger partial charge in [-0.05, 0) is 0 Å². The molecule has 11 heteroatoms. The van der Waals surface area contributed by atoms with Gasteiger partial charge in [0.05, 0.1) is 18.3 Å². The lowest BCUT2D eigenvalue weighted by molar-refractivity contribution is 0.115. The van der Waals surface area contributed by atoms with Gasteiger partial charge in [0.25, 0.3) is 5.08 Å². The van der Waals surface area contributed by atoms with Gasteiger partial charge in [-0.3, -0.25) is 9.13 Å². The fourth-order valence-electron chi connectivity index (χ4n) is 0.646. The summed E-state index contributed by atoms with van der Waals surface area (Å²) in [6, 6.07) is 0. The molecular weight excluding hydrogens is 262 g/mol. The van der Waals surface area contributed by atoms with Gasteiger partial charge in [0, 0.05) is 12.3 Å². The molecule has 0 bridgehead atoms. The van der Waals surface area contributed by atoms with Crippen LogP contribution in [0.4, 0.5) is 0 Å². The number of hydrogen-bond acceptors (Lipinski definition) is 8. The van der Waals surface area contributed by atoms with E-state index >= 15 is 0 Å². The molecule has 0 aliphatic heterocycles. The second kappa shape index (κ2) is 4.05. The topological polar surface area (TPSA) is 153 Å². The van der Waals surface area contributed by atoms with Gasteiger partial charge in [-0.25, -0.2) is 4.98 Å². The zero-order chi connectivity index (χ0) is 20.6. The van der Waals surface area contributed by atoms with Gasteiger partial charge in [-0.2, -0.15) is 0 Å². The highest BCUT2D eigenvalue weighted by atomic mass is 31.2. The van der Waals surface area contributed by atoms with Crippen LogP contribution in [-0.2, 0) is 15.6 Å². The van der Waals surface area contributed by atoms with Crippen LogP contribution in [-0.4, -0.2) is 46.5 Å². The number of nitrogens with zero attached hydrogens (tertiary/aromatic N) is 2. The molecule has 92 valence electrons. The molecule has 0 spiro atoms. The first kappa shape index (κ1) is 4.99. The number of aromatic nitrogens is 2. The van der Waals surface area contributed by atoms with Crippen LogP contribution >= 0.6 is 15.2 Å². The summed E-state index contributed by atoms with van der Waals surface area (Å²) in [5.74, 6) is 0. The van der Waals surface area contributed by atoms with E-state index in [1.165, 1.54) is 0 Å². The minimum absolute atomic E-state index is 0.195. The van der Waals surface area contributed by atoms with Crippen LogP contribution in [0.3, 0.4) is 0 Å². The van der Waals surface area contributed by atoms with Crippen molar-refractivity contribution in [3.63, 3.8) is 0 Å². The van der Waals surface area contributed by atoms with Crippen LogP contribution in [0.15, 0.2) is 18.6 Å². The fourth-order valence-corrected chi connectivity index (χ4v) is 2.29. The van der Waals surface area contributed by atoms with Gasteiger partial charge in [0.15, 0.2) is 0 Å². The largest absolute Gasteiger partial charge is 0.371 e. The molecule has 1 heterocycles. The lowest BCUT2D eigenvalue weighted by Crippen LogP contribution is -2.33. The Bertz CT molecular complexity index is 716. The summed E-state index contributed by atoms with van der Waals surface area (Å²) in [5.41, 5.74) is 0. The molecule has 1 aromatic heterocycles. The van der Waals surface area contributed by atoms with Crippen molar-refractivity contribution in [1.29, 1.82) is 7.16 Å². The van der Waals surface area contributed by atoms with Crippen LogP contribution in [0.25, 0.3) is 0 Å². The minimum Gasteiger partial charge on any atom is -0.366 e. The summed E-state index contributed by atoms with van der Waals surface area (Å²) in [7, 11) is -11.8. The quantitative estimate of drug-likeness (QED) is 0.357. The maximum Gasteiger partial charge on any atom is 0.371 e. The van der Waals surface area contributed by atoms with Gasteiger partial charge in [0.1, 0.15) is 1.37 Å². The monoisotopic (exact) mass is 282 g/mol. The van der Waals surface area contributed by atoms with E-state index < -0.39 is 45.4 Å². The first-order chi connectivity index (χ1) is 11.9. The van der Waals surface area contributed by atoms with Crippen molar-refractivity contribution in [3.8, 4) is 0 Å². The number of rotatable bonds is 9. The molecule has 0 aromatic carbocycles. The third kappa shape index (κ3) is 2.41. The van der Waals surface area contributed by atoms with Gasteiger partial charge in [-0.15, -0.1) is 0 Å². The second-order valence-electron chi connectivity index (χ2n) is 2.49. The van der Waals surface area contributed by atoms with E-state index in [1.807, 2.05) is 0 Å². The van der Waals surface area contributed by atoms with Crippen LogP contribution in [0.2, 0.25) is 0 Å². The third-order valence-corrected chi connectivity index (χ3v) is 4.52. The van der Waals surface area contributed by atoms with E-state index in [0.29, 0.717) is 0 Å². The maximum atomic E-state index is 12.6. The Balaban J connectivity index is 4.09. The molecular formula is C5H10N2O7P2. The fraction of sp³-hybridized carbons (Fsp3) is 0.400. The summed E-state index contributed by atoms with van der Waals surface area (Å²) in [4.78, 5) is 17.5. The zero-order valence-electron chi connectivity index (χ0n) is 17.1. The van der Waals surface area contributed by atoms with E-state index in [2.05, 4.69) is 29.7 Å². The number of imidazole rings is 1. The summed E-state index contributed by atoms with van der Waals surface area (Å²) in [5, 5.41) is -0.319. The van der Waals surface area contributed by atoms with Crippen LogP contribution < -0.4 is 0 Å². The molecule has 0 amide bonds. The summed E-state index contributed by atoms with van der Waals surface area (Å²) < 4.78 is 97.5. The number of hydrogen-bond donors (Lipinski definition) is 5. The van der Waals surface area contributed by atoms with Gasteiger partial charge in [0.2, 0.25) is 7.16 Å². The third-order valence-electron chi connectivity index (χ3n) is 1.37. The smallest absolute Gasteiger partial charge is 0.366 e. The lowest BCUT2D eigenvalue weighted by Gasteiger charge is -2.29. The summed E-state index contributed by atoms with van der Waals surface area (Å²) >= 11 is 0. The van der Waals surface area contributed by atoms with Crippen molar-refractivity contribution in [2.24, 2.45) is 0 Å². The minimum atomic E-state index is -5.88. The molecule has 0 atom stereocenters. The SMILES string of the molecule is [2H]OC(C([2H])([2H])n1c([2H])nc([2H])c1[2H])(P(=O)(O[2H])O[2H])P(=O)(O[2H])O[2H]. The predicted molar refractivity (Wildman–Crippen MR) is 51.3 cm³/mol. The average molecular weight is 282 g/mol. The molecule has 9 nitrogen and oxygen atoms in total. The molecule has 0 radical (unpaired) electrons. The average Bonchev–Trinajstić information content (AvgIpc) is 2.87. The normalized spacial score (nSPS) is 23.5. The Kier molecular flexibility index (Phi) is 1.26. The molecule has 0 saturated heterocycles. The first-order valence-electron chi connectivity index (χ1n) is 7.91. The Morgan fingerprint density at radius 3 is 2.44 bits per heavy atom. The van der Waals surface area contributed by atoms with E-state index in [-0.39, 0.29) is 4.57 Å². The van der Waals surface area contributed by atoms with Crippen molar-refractivity contribution in [2.75, 3.05) is 0 Å². The van der Waals surface area contributed by atoms with Crippen LogP contribution in [0, 0.1) is 0 Å². The lowest BCUT2D eigenvalue weighted by atomic mass is 10.6. The molecule has 0 saturated carbocycles. The van der Waals surface area contributed by atoms with Crippen molar-refractivity contribution in [1.82, 2.24) is 9.55 Å². The predicted octanol–water partition coefficient (Wildman–Crippen LogP) is -1.12. The van der Waals surface area contributed by atoms with Crippen LogP contribution in [0.5, 0.6) is 0 Å². The van der Waals surface area contributed by atoms with Gasteiger partial charge in [-0.1, -0.05) is 0 Å². The molecule has 0 aliphatic rings. The molecule has 0 fully saturated rings.